The van der Waals surface area contributed by atoms with Crippen LogP contribution in [0.2, 0.25) is 20.1 Å². The van der Waals surface area contributed by atoms with Gasteiger partial charge in [0.05, 0.1) is 15.1 Å². The molecule has 18 heavy (non-hydrogen) atoms. The maximum atomic E-state index is 6.06. The molecular weight excluding hydrogens is 334 g/mol. The van der Waals surface area contributed by atoms with E-state index >= 15 is 0 Å². The average molecular weight is 340 g/mol. The zero-order chi connectivity index (χ0) is 13.3. The van der Waals surface area contributed by atoms with Crippen molar-refractivity contribution in [1.82, 2.24) is 4.98 Å². The van der Waals surface area contributed by atoms with Crippen LogP contribution in [0.4, 0.5) is 5.82 Å². The van der Waals surface area contributed by atoms with Crippen LogP contribution in [0.5, 0.6) is 0 Å². The first-order valence-corrected chi connectivity index (χ1v) is 7.04. The van der Waals surface area contributed by atoms with E-state index in [1.165, 1.54) is 11.8 Å². The molecule has 0 aliphatic rings. The Bertz CT molecular complexity index is 604. The van der Waals surface area contributed by atoms with E-state index in [9.17, 15) is 0 Å². The Labute approximate surface area is 128 Å². The Hall–Kier alpha value is -0.320. The number of nitrogen functional groups attached to an aromatic ring is 1. The van der Waals surface area contributed by atoms with E-state index in [0.717, 1.165) is 4.90 Å². The lowest BCUT2D eigenvalue weighted by atomic mass is 10.4. The van der Waals surface area contributed by atoms with E-state index in [4.69, 9.17) is 52.1 Å². The number of hydrogen-bond acceptors (Lipinski definition) is 3. The van der Waals surface area contributed by atoms with Gasteiger partial charge in [0.1, 0.15) is 10.8 Å². The summed E-state index contributed by atoms with van der Waals surface area (Å²) >= 11 is 25.1. The van der Waals surface area contributed by atoms with Crippen LogP contribution in [0.1, 0.15) is 0 Å². The number of benzene rings is 1. The number of rotatable bonds is 2. The van der Waals surface area contributed by atoms with Gasteiger partial charge in [-0.05, 0) is 24.3 Å². The van der Waals surface area contributed by atoms with Crippen molar-refractivity contribution in [3.05, 3.63) is 44.4 Å². The fraction of sp³-hybridized carbons (Fsp3) is 0. The molecule has 0 amide bonds. The highest BCUT2D eigenvalue weighted by molar-refractivity contribution is 7.99. The van der Waals surface area contributed by atoms with Crippen molar-refractivity contribution in [3.8, 4) is 0 Å². The summed E-state index contributed by atoms with van der Waals surface area (Å²) in [4.78, 5) is 4.86. The molecule has 0 aliphatic heterocycles. The second-order valence-electron chi connectivity index (χ2n) is 3.32. The predicted octanol–water partition coefficient (Wildman–Crippen LogP) is 5.43. The van der Waals surface area contributed by atoms with Gasteiger partial charge in [0, 0.05) is 9.92 Å². The summed E-state index contributed by atoms with van der Waals surface area (Å²) in [6.45, 7) is 0. The maximum absolute atomic E-state index is 6.06. The molecule has 2 N–H and O–H groups in total. The lowest BCUT2D eigenvalue weighted by Gasteiger charge is -2.07. The fourth-order valence-electron chi connectivity index (χ4n) is 1.19. The van der Waals surface area contributed by atoms with Gasteiger partial charge in [-0.2, -0.15) is 0 Å². The van der Waals surface area contributed by atoms with Gasteiger partial charge in [0.25, 0.3) is 0 Å². The Kier molecular flexibility index (Phi) is 4.51. The molecule has 0 saturated heterocycles. The predicted molar refractivity (Wildman–Crippen MR) is 79.3 cm³/mol. The molecular formula is C11H6Cl4N2S. The minimum absolute atomic E-state index is 0.224. The highest BCUT2D eigenvalue weighted by atomic mass is 35.5. The Morgan fingerprint density at radius 1 is 0.944 bits per heavy atom. The van der Waals surface area contributed by atoms with Crippen LogP contribution in [-0.4, -0.2) is 4.98 Å². The van der Waals surface area contributed by atoms with Crippen LogP contribution in [0, 0.1) is 0 Å². The van der Waals surface area contributed by atoms with E-state index in [0.29, 0.717) is 25.1 Å². The van der Waals surface area contributed by atoms with Crippen LogP contribution in [0.15, 0.2) is 34.2 Å². The Morgan fingerprint density at radius 3 is 2.39 bits per heavy atom. The van der Waals surface area contributed by atoms with Crippen LogP contribution >= 0.6 is 58.2 Å². The third-order valence-corrected chi connectivity index (χ3v) is 4.47. The van der Waals surface area contributed by atoms with Gasteiger partial charge in [0.15, 0.2) is 0 Å². The van der Waals surface area contributed by atoms with Gasteiger partial charge < -0.3 is 5.73 Å². The van der Waals surface area contributed by atoms with Crippen molar-refractivity contribution < 1.29 is 0 Å². The van der Waals surface area contributed by atoms with Crippen LogP contribution in [-0.2, 0) is 0 Å². The first-order chi connectivity index (χ1) is 8.47. The molecule has 0 fully saturated rings. The molecule has 1 heterocycles. The normalized spacial score (nSPS) is 10.7. The molecule has 1 aromatic carbocycles. The molecule has 94 valence electrons. The number of aromatic nitrogens is 1. The van der Waals surface area contributed by atoms with Crippen LogP contribution in [0.3, 0.4) is 0 Å². The second-order valence-corrected chi connectivity index (χ2v) is 6.01. The maximum Gasteiger partial charge on any atom is 0.143 e. The van der Waals surface area contributed by atoms with Gasteiger partial charge in [-0.15, -0.1) is 0 Å². The standard InChI is InChI=1S/C11H6Cl4N2S/c12-5-1-2-6(13)9(3-5)18-11-8(15)4-7(14)10(16)17-11/h1-4H,(H2,16,17). The summed E-state index contributed by atoms with van der Waals surface area (Å²) in [7, 11) is 0. The third-order valence-electron chi connectivity index (χ3n) is 2.02. The van der Waals surface area contributed by atoms with Crippen molar-refractivity contribution in [2.45, 2.75) is 9.92 Å². The van der Waals surface area contributed by atoms with Gasteiger partial charge in [-0.25, -0.2) is 4.98 Å². The molecule has 0 atom stereocenters. The molecule has 0 saturated carbocycles. The second kappa shape index (κ2) is 5.76. The summed E-state index contributed by atoms with van der Waals surface area (Å²) in [5.41, 5.74) is 5.64. The van der Waals surface area contributed by atoms with Crippen LogP contribution in [0.25, 0.3) is 0 Å². The SMILES string of the molecule is Nc1nc(Sc2cc(Cl)ccc2Cl)c(Cl)cc1Cl. The highest BCUT2D eigenvalue weighted by Gasteiger charge is 2.11. The summed E-state index contributed by atoms with van der Waals surface area (Å²) in [6.07, 6.45) is 0. The van der Waals surface area contributed by atoms with E-state index in [1.54, 1.807) is 24.3 Å². The van der Waals surface area contributed by atoms with E-state index in [1.807, 2.05) is 0 Å². The number of nitrogens with zero attached hydrogens (tertiary/aromatic N) is 1. The average Bonchev–Trinajstić information content (AvgIpc) is 2.30. The Balaban J connectivity index is 2.40. The smallest absolute Gasteiger partial charge is 0.143 e. The summed E-state index contributed by atoms with van der Waals surface area (Å²) < 4.78 is 0. The van der Waals surface area contributed by atoms with E-state index < -0.39 is 0 Å². The van der Waals surface area contributed by atoms with Crippen molar-refractivity contribution in [1.29, 1.82) is 0 Å². The zero-order valence-electron chi connectivity index (χ0n) is 8.75. The van der Waals surface area contributed by atoms with Gasteiger partial charge >= 0.3 is 0 Å². The third kappa shape index (κ3) is 3.16. The molecule has 7 heteroatoms. The van der Waals surface area contributed by atoms with Crippen molar-refractivity contribution in [2.75, 3.05) is 5.73 Å². The van der Waals surface area contributed by atoms with E-state index in [-0.39, 0.29) is 5.82 Å². The molecule has 0 spiro atoms. The van der Waals surface area contributed by atoms with E-state index in [2.05, 4.69) is 4.98 Å². The Morgan fingerprint density at radius 2 is 1.67 bits per heavy atom. The number of anilines is 1. The van der Waals surface area contributed by atoms with Crippen molar-refractivity contribution in [3.63, 3.8) is 0 Å². The largest absolute Gasteiger partial charge is 0.382 e. The summed E-state index contributed by atoms with van der Waals surface area (Å²) in [5.74, 6) is 0.224. The molecule has 2 rings (SSSR count). The number of hydrogen-bond donors (Lipinski definition) is 1. The molecule has 0 radical (unpaired) electrons. The number of pyridine rings is 1. The molecule has 2 nitrogen and oxygen atoms in total. The minimum Gasteiger partial charge on any atom is -0.382 e. The molecule has 1 aromatic heterocycles. The fourth-order valence-corrected chi connectivity index (χ4v) is 3.00. The van der Waals surface area contributed by atoms with Crippen LogP contribution < -0.4 is 5.73 Å². The highest BCUT2D eigenvalue weighted by Crippen LogP contribution is 2.38. The molecule has 2 aromatic rings. The topological polar surface area (TPSA) is 38.9 Å². The van der Waals surface area contributed by atoms with Gasteiger partial charge in [-0.3, -0.25) is 0 Å². The quantitative estimate of drug-likeness (QED) is 0.792. The van der Waals surface area contributed by atoms with Gasteiger partial charge in [-0.1, -0.05) is 58.2 Å². The number of halogens is 4. The van der Waals surface area contributed by atoms with Crippen molar-refractivity contribution >= 4 is 64.0 Å². The first-order valence-electron chi connectivity index (χ1n) is 4.72. The summed E-state index contributed by atoms with van der Waals surface area (Å²) in [5, 5.41) is 2.41. The minimum atomic E-state index is 0.224. The molecule has 0 aliphatic carbocycles. The lowest BCUT2D eigenvalue weighted by molar-refractivity contribution is 1.14. The number of nitrogens with two attached hydrogens (primary N) is 1. The summed E-state index contributed by atoms with van der Waals surface area (Å²) in [6, 6.07) is 6.70. The first kappa shape index (κ1) is 14.1. The molecule has 0 unspecified atom stereocenters. The monoisotopic (exact) mass is 338 g/mol. The lowest BCUT2D eigenvalue weighted by Crippen LogP contribution is -1.93. The van der Waals surface area contributed by atoms with Gasteiger partial charge in [0.2, 0.25) is 0 Å². The molecule has 0 bridgehead atoms. The zero-order valence-corrected chi connectivity index (χ0v) is 12.6. The van der Waals surface area contributed by atoms with Crippen molar-refractivity contribution in [2.24, 2.45) is 0 Å².